The number of fused-ring (bicyclic) bond motifs is 1. The van der Waals surface area contributed by atoms with Crippen molar-refractivity contribution in [3.05, 3.63) is 78.3 Å². The normalized spacial score (nSPS) is 15.5. The summed E-state index contributed by atoms with van der Waals surface area (Å²) in [6.07, 6.45) is 10.2. The molecule has 35 heavy (non-hydrogen) atoms. The molecule has 0 bridgehead atoms. The van der Waals surface area contributed by atoms with Crippen LogP contribution in [0.3, 0.4) is 0 Å². The Bertz CT molecular complexity index is 1400. The van der Waals surface area contributed by atoms with E-state index < -0.39 is 11.6 Å². The van der Waals surface area contributed by atoms with Crippen molar-refractivity contribution in [1.82, 2.24) is 20.3 Å². The number of hydrogen-bond acceptors (Lipinski definition) is 6. The van der Waals surface area contributed by atoms with Crippen molar-refractivity contribution in [3.8, 4) is 22.4 Å². The number of hydrogen-bond donors (Lipinski definition) is 2. The summed E-state index contributed by atoms with van der Waals surface area (Å²) >= 11 is 0. The SMILES string of the molecule is N=CC(C=NC1CCNCC1)c1cncc(-c2cc(-c3cc(F)ccc3F)nc3ncccc23)c1. The standard InChI is InChI=1S/C27H24F2N6/c28-20-3-4-25(29)24(11-20)26-12-23(22-2-1-7-33-27(22)35-26)18-10-17(14-32-15-18)19(13-30)16-34-21-5-8-31-9-6-21/h1-4,7,10-16,19,21,30-31H,5-6,8-9H2. The maximum Gasteiger partial charge on any atom is 0.160 e. The second-order valence-corrected chi connectivity index (χ2v) is 8.53. The average Bonchev–Trinajstić information content (AvgIpc) is 2.90. The first-order valence-electron chi connectivity index (χ1n) is 11.5. The van der Waals surface area contributed by atoms with Gasteiger partial charge in [-0.05, 0) is 79.5 Å². The molecule has 0 spiro atoms. The summed E-state index contributed by atoms with van der Waals surface area (Å²) in [4.78, 5) is 18.0. The van der Waals surface area contributed by atoms with Gasteiger partial charge in [0.25, 0.3) is 0 Å². The van der Waals surface area contributed by atoms with Gasteiger partial charge < -0.3 is 10.7 Å². The minimum atomic E-state index is -0.565. The third-order valence-electron chi connectivity index (χ3n) is 6.19. The van der Waals surface area contributed by atoms with E-state index in [0.29, 0.717) is 5.65 Å². The van der Waals surface area contributed by atoms with Crippen LogP contribution in [0.25, 0.3) is 33.4 Å². The third kappa shape index (κ3) is 4.97. The van der Waals surface area contributed by atoms with E-state index in [1.807, 2.05) is 18.3 Å². The van der Waals surface area contributed by atoms with E-state index >= 15 is 0 Å². The van der Waals surface area contributed by atoms with Gasteiger partial charge in [0, 0.05) is 47.5 Å². The highest BCUT2D eigenvalue weighted by molar-refractivity contribution is 5.95. The molecule has 1 aliphatic rings. The zero-order valence-corrected chi connectivity index (χ0v) is 19.0. The van der Waals surface area contributed by atoms with Crippen LogP contribution in [0.1, 0.15) is 24.3 Å². The first-order chi connectivity index (χ1) is 17.1. The van der Waals surface area contributed by atoms with Crippen molar-refractivity contribution in [2.24, 2.45) is 4.99 Å². The smallest absolute Gasteiger partial charge is 0.160 e. The number of piperidine rings is 1. The number of pyridine rings is 3. The lowest BCUT2D eigenvalue weighted by molar-refractivity contribution is 0.460. The Hall–Kier alpha value is -3.91. The molecule has 0 amide bonds. The molecule has 3 aromatic heterocycles. The lowest BCUT2D eigenvalue weighted by Crippen LogP contribution is -2.30. The van der Waals surface area contributed by atoms with Gasteiger partial charge in [0.1, 0.15) is 11.6 Å². The van der Waals surface area contributed by atoms with E-state index in [2.05, 4.69) is 20.3 Å². The number of aromatic nitrogens is 3. The zero-order chi connectivity index (χ0) is 24.2. The van der Waals surface area contributed by atoms with Gasteiger partial charge in [0.2, 0.25) is 0 Å². The van der Waals surface area contributed by atoms with Crippen LogP contribution < -0.4 is 5.32 Å². The minimum Gasteiger partial charge on any atom is -0.317 e. The molecule has 8 heteroatoms. The largest absolute Gasteiger partial charge is 0.317 e. The second kappa shape index (κ2) is 10.1. The Kier molecular flexibility index (Phi) is 6.63. The number of rotatable bonds is 6. The zero-order valence-electron chi connectivity index (χ0n) is 19.0. The highest BCUT2D eigenvalue weighted by Crippen LogP contribution is 2.33. The Morgan fingerprint density at radius 3 is 2.74 bits per heavy atom. The van der Waals surface area contributed by atoms with Crippen LogP contribution in [0.2, 0.25) is 0 Å². The van der Waals surface area contributed by atoms with Crippen LogP contribution in [-0.4, -0.2) is 46.5 Å². The van der Waals surface area contributed by atoms with E-state index in [0.717, 1.165) is 66.2 Å². The molecule has 2 N–H and O–H groups in total. The van der Waals surface area contributed by atoms with Gasteiger partial charge in [0.15, 0.2) is 5.65 Å². The predicted molar refractivity (Wildman–Crippen MR) is 134 cm³/mol. The summed E-state index contributed by atoms with van der Waals surface area (Å²) in [6.45, 7) is 1.90. The molecule has 1 fully saturated rings. The second-order valence-electron chi connectivity index (χ2n) is 8.53. The van der Waals surface area contributed by atoms with Crippen LogP contribution in [0.5, 0.6) is 0 Å². The quantitative estimate of drug-likeness (QED) is 0.380. The number of halogens is 2. The lowest BCUT2D eigenvalue weighted by Gasteiger charge is -2.19. The van der Waals surface area contributed by atoms with Crippen LogP contribution in [0, 0.1) is 17.0 Å². The molecule has 1 aromatic carbocycles. The molecule has 4 aromatic rings. The Morgan fingerprint density at radius 2 is 1.91 bits per heavy atom. The summed E-state index contributed by atoms with van der Waals surface area (Å²) < 4.78 is 28.5. The molecule has 4 heterocycles. The molecule has 1 atom stereocenters. The van der Waals surface area contributed by atoms with Gasteiger partial charge in [0.05, 0.1) is 17.7 Å². The summed E-state index contributed by atoms with van der Waals surface area (Å²) in [6, 6.07) is 10.9. The highest BCUT2D eigenvalue weighted by atomic mass is 19.1. The molecule has 5 rings (SSSR count). The average molecular weight is 471 g/mol. The predicted octanol–water partition coefficient (Wildman–Crippen LogP) is 5.19. The lowest BCUT2D eigenvalue weighted by atomic mass is 9.96. The number of nitrogens with one attached hydrogen (secondary N) is 2. The first-order valence-corrected chi connectivity index (χ1v) is 11.5. The molecule has 0 saturated carbocycles. The molecular weight excluding hydrogens is 446 g/mol. The highest BCUT2D eigenvalue weighted by Gasteiger charge is 2.16. The fourth-order valence-corrected chi connectivity index (χ4v) is 4.31. The Balaban J connectivity index is 1.57. The van der Waals surface area contributed by atoms with Crippen molar-refractivity contribution in [1.29, 1.82) is 5.41 Å². The summed E-state index contributed by atoms with van der Waals surface area (Å²) in [7, 11) is 0. The van der Waals surface area contributed by atoms with Gasteiger partial charge >= 0.3 is 0 Å². The van der Waals surface area contributed by atoms with Gasteiger partial charge in [-0.15, -0.1) is 0 Å². The fraction of sp³-hybridized carbons (Fsp3) is 0.222. The van der Waals surface area contributed by atoms with Crippen molar-refractivity contribution in [2.45, 2.75) is 24.8 Å². The van der Waals surface area contributed by atoms with Crippen LogP contribution in [0.15, 0.2) is 66.0 Å². The van der Waals surface area contributed by atoms with Gasteiger partial charge in [-0.25, -0.2) is 18.7 Å². The van der Waals surface area contributed by atoms with Crippen molar-refractivity contribution in [2.75, 3.05) is 13.1 Å². The maximum absolute atomic E-state index is 14.6. The topological polar surface area (TPSA) is 86.9 Å². The Morgan fingerprint density at radius 1 is 1.06 bits per heavy atom. The van der Waals surface area contributed by atoms with E-state index in [-0.39, 0.29) is 23.2 Å². The molecule has 0 aliphatic carbocycles. The van der Waals surface area contributed by atoms with Gasteiger partial charge in [-0.3, -0.25) is 9.98 Å². The molecule has 1 saturated heterocycles. The van der Waals surface area contributed by atoms with E-state index in [9.17, 15) is 8.78 Å². The monoisotopic (exact) mass is 470 g/mol. The van der Waals surface area contributed by atoms with E-state index in [4.69, 9.17) is 10.4 Å². The molecule has 0 radical (unpaired) electrons. The number of benzene rings is 1. The number of aliphatic imine (C=N–C) groups is 1. The van der Waals surface area contributed by atoms with Crippen LogP contribution in [-0.2, 0) is 0 Å². The number of nitrogens with zero attached hydrogens (tertiary/aromatic N) is 4. The van der Waals surface area contributed by atoms with E-state index in [1.165, 1.54) is 6.21 Å². The van der Waals surface area contributed by atoms with Crippen molar-refractivity contribution >= 4 is 23.5 Å². The molecule has 6 nitrogen and oxygen atoms in total. The third-order valence-corrected chi connectivity index (χ3v) is 6.19. The molecule has 1 unspecified atom stereocenters. The first kappa shape index (κ1) is 22.9. The minimum absolute atomic E-state index is 0.0642. The van der Waals surface area contributed by atoms with Gasteiger partial charge in [-0.2, -0.15) is 0 Å². The molecule has 1 aliphatic heterocycles. The van der Waals surface area contributed by atoms with Crippen LogP contribution in [0.4, 0.5) is 8.78 Å². The van der Waals surface area contributed by atoms with Crippen molar-refractivity contribution in [3.63, 3.8) is 0 Å². The summed E-state index contributed by atoms with van der Waals surface area (Å²) in [5.74, 6) is -1.43. The van der Waals surface area contributed by atoms with Crippen LogP contribution >= 0.6 is 0 Å². The fourth-order valence-electron chi connectivity index (χ4n) is 4.31. The molecular formula is C27H24F2N6. The van der Waals surface area contributed by atoms with Crippen molar-refractivity contribution < 1.29 is 8.78 Å². The maximum atomic E-state index is 14.6. The Labute approximate surface area is 201 Å². The molecule has 176 valence electrons. The van der Waals surface area contributed by atoms with E-state index in [1.54, 1.807) is 30.7 Å². The summed E-state index contributed by atoms with van der Waals surface area (Å²) in [5, 5.41) is 12.1. The van der Waals surface area contributed by atoms with Gasteiger partial charge in [-0.1, -0.05) is 0 Å². The summed E-state index contributed by atoms with van der Waals surface area (Å²) in [5.41, 5.74) is 3.10.